The van der Waals surface area contributed by atoms with Gasteiger partial charge >= 0.3 is 5.69 Å². The van der Waals surface area contributed by atoms with E-state index in [0.29, 0.717) is 17.9 Å². The van der Waals surface area contributed by atoms with Crippen LogP contribution >= 0.6 is 0 Å². The molecule has 7 nitrogen and oxygen atoms in total. The summed E-state index contributed by atoms with van der Waals surface area (Å²) in [5.41, 5.74) is 1.10. The van der Waals surface area contributed by atoms with Gasteiger partial charge in [0, 0.05) is 37.5 Å². The fourth-order valence-electron chi connectivity index (χ4n) is 3.99. The highest BCUT2D eigenvalue weighted by molar-refractivity contribution is 5.14. The lowest BCUT2D eigenvalue weighted by atomic mass is 9.95. The lowest BCUT2D eigenvalue weighted by molar-refractivity contribution is 0.194. The van der Waals surface area contributed by atoms with Crippen LogP contribution < -0.4 is 5.69 Å². The third kappa shape index (κ3) is 2.94. The highest BCUT2D eigenvalue weighted by Crippen LogP contribution is 2.40. The van der Waals surface area contributed by atoms with Crippen molar-refractivity contribution in [3.05, 3.63) is 33.8 Å². The first-order chi connectivity index (χ1) is 12.2. The van der Waals surface area contributed by atoms with Gasteiger partial charge in [-0.15, -0.1) is 0 Å². The van der Waals surface area contributed by atoms with E-state index in [1.165, 1.54) is 17.5 Å². The molecule has 5 rings (SSSR count). The van der Waals surface area contributed by atoms with E-state index in [1.807, 2.05) is 4.57 Å². The van der Waals surface area contributed by atoms with E-state index in [4.69, 9.17) is 4.52 Å². The SMILES string of the molecule is Cn1nc(C2CCN(Cc3cc(C4CC4)on3)CC2)n(C2CC2)c1=O. The Balaban J connectivity index is 1.24. The largest absolute Gasteiger partial charge is 0.361 e. The van der Waals surface area contributed by atoms with E-state index in [2.05, 4.69) is 21.2 Å². The molecule has 2 aromatic heterocycles. The minimum atomic E-state index is 0.0510. The fourth-order valence-corrected chi connectivity index (χ4v) is 3.99. The summed E-state index contributed by atoms with van der Waals surface area (Å²) in [6.07, 6.45) is 6.83. The zero-order valence-electron chi connectivity index (χ0n) is 14.7. The number of rotatable bonds is 5. The first kappa shape index (κ1) is 15.4. The Morgan fingerprint density at radius 2 is 1.88 bits per heavy atom. The van der Waals surface area contributed by atoms with Gasteiger partial charge in [-0.25, -0.2) is 9.48 Å². The van der Waals surface area contributed by atoms with Gasteiger partial charge in [0.25, 0.3) is 0 Å². The third-order valence-corrected chi connectivity index (χ3v) is 5.79. The van der Waals surface area contributed by atoms with E-state index in [9.17, 15) is 4.79 Å². The lowest BCUT2D eigenvalue weighted by Crippen LogP contribution is -2.33. The normalized spacial score (nSPS) is 22.6. The van der Waals surface area contributed by atoms with Gasteiger partial charge in [0.05, 0.1) is 5.69 Å². The van der Waals surface area contributed by atoms with Gasteiger partial charge in [-0.3, -0.25) is 9.47 Å². The maximum absolute atomic E-state index is 12.3. The zero-order valence-corrected chi connectivity index (χ0v) is 14.7. The average Bonchev–Trinajstić information content (AvgIpc) is 3.54. The smallest absolute Gasteiger partial charge is 0.345 e. The Bertz CT molecular complexity index is 819. The number of hydrogen-bond acceptors (Lipinski definition) is 5. The summed E-state index contributed by atoms with van der Waals surface area (Å²) >= 11 is 0. The van der Waals surface area contributed by atoms with Gasteiger partial charge in [-0.2, -0.15) is 5.10 Å². The molecule has 1 aliphatic heterocycles. The van der Waals surface area contributed by atoms with Crippen LogP contribution in [0.2, 0.25) is 0 Å². The van der Waals surface area contributed by atoms with E-state index in [-0.39, 0.29) is 5.69 Å². The first-order valence-corrected chi connectivity index (χ1v) is 9.52. The van der Waals surface area contributed by atoms with E-state index < -0.39 is 0 Å². The van der Waals surface area contributed by atoms with Crippen molar-refractivity contribution >= 4 is 0 Å². The Kier molecular flexibility index (Phi) is 3.58. The lowest BCUT2D eigenvalue weighted by Gasteiger charge is -2.30. The van der Waals surface area contributed by atoms with Gasteiger partial charge in [-0.1, -0.05) is 5.16 Å². The van der Waals surface area contributed by atoms with Crippen molar-refractivity contribution in [3.8, 4) is 0 Å². The number of nitrogens with zero attached hydrogens (tertiary/aromatic N) is 5. The first-order valence-electron chi connectivity index (χ1n) is 9.52. The van der Waals surface area contributed by atoms with Gasteiger partial charge in [0.1, 0.15) is 11.6 Å². The van der Waals surface area contributed by atoms with Crippen LogP contribution in [0.25, 0.3) is 0 Å². The quantitative estimate of drug-likeness (QED) is 0.832. The summed E-state index contributed by atoms with van der Waals surface area (Å²) in [5.74, 6) is 3.08. The van der Waals surface area contributed by atoms with Crippen LogP contribution in [0.15, 0.2) is 15.4 Å². The van der Waals surface area contributed by atoms with Crippen LogP contribution in [0.5, 0.6) is 0 Å². The van der Waals surface area contributed by atoms with Crippen molar-refractivity contribution < 1.29 is 4.52 Å². The molecule has 3 aliphatic rings. The van der Waals surface area contributed by atoms with Crippen molar-refractivity contribution in [1.82, 2.24) is 24.4 Å². The van der Waals surface area contributed by atoms with Crippen LogP contribution in [0.3, 0.4) is 0 Å². The second kappa shape index (κ2) is 5.83. The maximum Gasteiger partial charge on any atom is 0.345 e. The Labute approximate surface area is 146 Å². The molecule has 25 heavy (non-hydrogen) atoms. The summed E-state index contributed by atoms with van der Waals surface area (Å²) in [4.78, 5) is 14.8. The van der Waals surface area contributed by atoms with Crippen molar-refractivity contribution in [1.29, 1.82) is 0 Å². The Hall–Kier alpha value is -1.89. The standard InChI is InChI=1S/C18H25N5O2/c1-21-18(24)23(15-4-5-15)17(19-21)13-6-8-22(9-7-13)11-14-10-16(25-20-14)12-2-3-12/h10,12-13,15H,2-9,11H2,1H3. The van der Waals surface area contributed by atoms with Crippen molar-refractivity contribution in [2.75, 3.05) is 13.1 Å². The molecule has 7 heteroatoms. The topological polar surface area (TPSA) is 69.1 Å². The predicted octanol–water partition coefficient (Wildman–Crippen LogP) is 2.16. The van der Waals surface area contributed by atoms with Crippen LogP contribution in [-0.4, -0.2) is 37.5 Å². The minimum Gasteiger partial charge on any atom is -0.361 e. The van der Waals surface area contributed by atoms with Gasteiger partial charge < -0.3 is 4.52 Å². The van der Waals surface area contributed by atoms with E-state index in [1.54, 1.807) is 7.05 Å². The number of likely N-dealkylation sites (tertiary alicyclic amines) is 1. The van der Waals surface area contributed by atoms with Crippen molar-refractivity contribution in [3.63, 3.8) is 0 Å². The van der Waals surface area contributed by atoms with Crippen LogP contribution in [0.1, 0.15) is 73.7 Å². The molecule has 0 amide bonds. The molecule has 0 radical (unpaired) electrons. The highest BCUT2D eigenvalue weighted by Gasteiger charge is 2.34. The number of aromatic nitrogens is 4. The molecule has 0 bridgehead atoms. The van der Waals surface area contributed by atoms with Gasteiger partial charge in [0.2, 0.25) is 0 Å². The van der Waals surface area contributed by atoms with Gasteiger partial charge in [0.15, 0.2) is 0 Å². The molecule has 1 saturated heterocycles. The fraction of sp³-hybridized carbons (Fsp3) is 0.722. The van der Waals surface area contributed by atoms with E-state index >= 15 is 0 Å². The summed E-state index contributed by atoms with van der Waals surface area (Å²) in [6.45, 7) is 2.90. The third-order valence-electron chi connectivity index (χ3n) is 5.79. The maximum atomic E-state index is 12.3. The molecule has 0 atom stereocenters. The van der Waals surface area contributed by atoms with Crippen molar-refractivity contribution in [2.45, 2.75) is 62.9 Å². The zero-order chi connectivity index (χ0) is 17.0. The van der Waals surface area contributed by atoms with Crippen LogP contribution in [-0.2, 0) is 13.6 Å². The second-order valence-corrected chi connectivity index (χ2v) is 7.91. The summed E-state index contributed by atoms with van der Waals surface area (Å²) in [7, 11) is 1.77. The highest BCUT2D eigenvalue weighted by atomic mass is 16.5. The molecule has 2 saturated carbocycles. The number of piperidine rings is 1. The number of aryl methyl sites for hydroxylation is 1. The molecule has 0 aromatic carbocycles. The van der Waals surface area contributed by atoms with E-state index in [0.717, 1.165) is 62.6 Å². The summed E-state index contributed by atoms with van der Waals surface area (Å²) < 4.78 is 8.92. The minimum absolute atomic E-state index is 0.0510. The molecular weight excluding hydrogens is 318 g/mol. The molecule has 2 aliphatic carbocycles. The molecule has 0 spiro atoms. The Morgan fingerprint density at radius 1 is 1.12 bits per heavy atom. The molecule has 2 aromatic rings. The number of hydrogen-bond donors (Lipinski definition) is 0. The van der Waals surface area contributed by atoms with Gasteiger partial charge in [-0.05, 0) is 51.6 Å². The second-order valence-electron chi connectivity index (χ2n) is 7.91. The average molecular weight is 343 g/mol. The molecule has 3 heterocycles. The molecular formula is C18H25N5O2. The van der Waals surface area contributed by atoms with Crippen LogP contribution in [0.4, 0.5) is 0 Å². The summed E-state index contributed by atoms with van der Waals surface area (Å²) in [5, 5.41) is 8.79. The predicted molar refractivity (Wildman–Crippen MR) is 91.5 cm³/mol. The van der Waals surface area contributed by atoms with Crippen molar-refractivity contribution in [2.24, 2.45) is 7.05 Å². The molecule has 0 unspecified atom stereocenters. The summed E-state index contributed by atoms with van der Waals surface area (Å²) in [6, 6.07) is 2.53. The molecule has 3 fully saturated rings. The Morgan fingerprint density at radius 3 is 2.56 bits per heavy atom. The van der Waals surface area contributed by atoms with Crippen LogP contribution in [0, 0.1) is 0 Å². The molecule has 134 valence electrons. The monoisotopic (exact) mass is 343 g/mol. The molecule has 0 N–H and O–H groups in total.